The van der Waals surface area contributed by atoms with E-state index in [4.69, 9.17) is 30.5 Å². The van der Waals surface area contributed by atoms with Crippen LogP contribution in [0.2, 0.25) is 5.02 Å². The third kappa shape index (κ3) is 10.5. The molecule has 0 aliphatic carbocycles. The van der Waals surface area contributed by atoms with E-state index in [9.17, 15) is 15.2 Å². The van der Waals surface area contributed by atoms with Crippen LogP contribution in [-0.4, -0.2) is 77.9 Å². The lowest BCUT2D eigenvalue weighted by atomic mass is 9.72. The maximum atomic E-state index is 12.1. The number of halogens is 1. The number of nitriles is 1. The zero-order chi connectivity index (χ0) is 39.6. The predicted molar refractivity (Wildman–Crippen MR) is 220 cm³/mol. The fraction of sp³-hybridized carbons (Fsp3) is 0.457. The maximum Gasteiger partial charge on any atom is 0.320 e. The highest BCUT2D eigenvalue weighted by Gasteiger charge is 2.36. The summed E-state index contributed by atoms with van der Waals surface area (Å²) in [5.74, 6) is 1.03. The van der Waals surface area contributed by atoms with Gasteiger partial charge in [-0.25, -0.2) is 0 Å². The molecule has 0 saturated carbocycles. The number of rotatable bonds is 15. The molecule has 1 atom stereocenters. The van der Waals surface area contributed by atoms with Crippen molar-refractivity contribution in [3.05, 3.63) is 106 Å². The van der Waals surface area contributed by atoms with E-state index in [0.29, 0.717) is 53.6 Å². The molecule has 1 aromatic heterocycles. The molecule has 300 valence electrons. The number of aromatic nitrogens is 1. The first kappa shape index (κ1) is 40.5. The number of hydrogen-bond donors (Lipinski definition) is 1. The van der Waals surface area contributed by atoms with Gasteiger partial charge in [0.1, 0.15) is 42.6 Å². The topological polar surface area (TPSA) is 117 Å². The molecule has 0 bridgehead atoms. The number of likely N-dealkylation sites (tertiary alicyclic amines) is 2. The fourth-order valence-electron chi connectivity index (χ4n) is 8.51. The third-order valence-electron chi connectivity index (χ3n) is 12.0. The SMILES string of the molecule is Cc1c(COc2cc(OCc3cncc(C#N)c3)c(CN3CCCC[C@H]3C(=O)O)cc2Cl)cccc1-c1cccc(OCCCN2CCC3(CCOCC3)CC2)c1. The molecule has 3 aromatic carbocycles. The zero-order valence-electron chi connectivity index (χ0n) is 32.9. The molecule has 11 heteroatoms. The lowest BCUT2D eigenvalue weighted by Crippen LogP contribution is -2.44. The number of carbonyl (C=O) groups is 1. The van der Waals surface area contributed by atoms with Crippen LogP contribution < -0.4 is 14.2 Å². The summed E-state index contributed by atoms with van der Waals surface area (Å²) in [6, 6.07) is 21.4. The minimum Gasteiger partial charge on any atom is -0.494 e. The number of ether oxygens (including phenoxy) is 4. The van der Waals surface area contributed by atoms with E-state index < -0.39 is 12.0 Å². The summed E-state index contributed by atoms with van der Waals surface area (Å²) in [5.41, 5.74) is 6.75. The molecule has 0 unspecified atom stereocenters. The summed E-state index contributed by atoms with van der Waals surface area (Å²) in [6.45, 7) is 9.51. The standard InChI is InChI=1S/C46H53ClN4O6/c1-33-37(8-5-10-40(33)36-7-4-9-39(24-36)55-20-6-16-50-18-12-46(13-19-50)14-21-54-22-15-46)32-57-44-26-43(56-31-35-23-34(27-48)28-49-29-35)38(25-41(44)47)30-51-17-3-2-11-42(51)45(52)53/h4-5,7-10,23-26,28-29,42H,2-3,6,11-22,30-32H2,1H3,(H,52,53)/t42-/m0/s1. The molecule has 1 N–H and O–H groups in total. The van der Waals surface area contributed by atoms with Crippen LogP contribution in [0.15, 0.2) is 73.1 Å². The summed E-state index contributed by atoms with van der Waals surface area (Å²) in [5, 5.41) is 19.7. The molecule has 1 spiro atoms. The maximum absolute atomic E-state index is 12.1. The van der Waals surface area contributed by atoms with Crippen molar-refractivity contribution in [2.45, 2.75) is 84.1 Å². The van der Waals surface area contributed by atoms with E-state index in [1.165, 1.54) is 45.0 Å². The average Bonchev–Trinajstić information content (AvgIpc) is 3.23. The summed E-state index contributed by atoms with van der Waals surface area (Å²) >= 11 is 6.87. The number of piperidine rings is 2. The Morgan fingerprint density at radius 3 is 2.56 bits per heavy atom. The predicted octanol–water partition coefficient (Wildman–Crippen LogP) is 8.84. The van der Waals surface area contributed by atoms with Gasteiger partial charge in [0.05, 0.1) is 17.2 Å². The molecular formula is C46H53ClN4O6. The van der Waals surface area contributed by atoms with Crippen molar-refractivity contribution in [1.82, 2.24) is 14.8 Å². The highest BCUT2D eigenvalue weighted by molar-refractivity contribution is 6.32. The monoisotopic (exact) mass is 792 g/mol. The first-order chi connectivity index (χ1) is 27.8. The van der Waals surface area contributed by atoms with Crippen LogP contribution in [0.5, 0.6) is 17.2 Å². The molecule has 0 radical (unpaired) electrons. The van der Waals surface area contributed by atoms with Crippen LogP contribution >= 0.6 is 11.6 Å². The zero-order valence-corrected chi connectivity index (χ0v) is 33.6. The van der Waals surface area contributed by atoms with Gasteiger partial charge in [-0.2, -0.15) is 5.26 Å². The van der Waals surface area contributed by atoms with Crippen molar-refractivity contribution in [3.63, 3.8) is 0 Å². The Hall–Kier alpha value is -4.66. The second kappa shape index (κ2) is 19.2. The Balaban J connectivity index is 0.997. The van der Waals surface area contributed by atoms with Gasteiger partial charge in [-0.15, -0.1) is 0 Å². The van der Waals surface area contributed by atoms with Gasteiger partial charge < -0.3 is 29.0 Å². The number of hydrogen-bond acceptors (Lipinski definition) is 9. The molecule has 4 aromatic rings. The molecular weight excluding hydrogens is 740 g/mol. The van der Waals surface area contributed by atoms with Crippen molar-refractivity contribution < 1.29 is 28.8 Å². The lowest BCUT2D eigenvalue weighted by molar-refractivity contribution is -0.144. The Morgan fingerprint density at radius 1 is 0.947 bits per heavy atom. The average molecular weight is 793 g/mol. The van der Waals surface area contributed by atoms with E-state index >= 15 is 0 Å². The Kier molecular flexibility index (Phi) is 13.6. The smallest absolute Gasteiger partial charge is 0.320 e. The van der Waals surface area contributed by atoms with Gasteiger partial charge in [0.2, 0.25) is 0 Å². The number of carboxylic acids is 1. The quantitative estimate of drug-likeness (QED) is 0.117. The molecule has 57 heavy (non-hydrogen) atoms. The van der Waals surface area contributed by atoms with E-state index in [-0.39, 0.29) is 13.2 Å². The number of aliphatic carboxylic acids is 1. The van der Waals surface area contributed by atoms with Crippen molar-refractivity contribution in [1.29, 1.82) is 5.26 Å². The Bertz CT molecular complexity index is 2040. The van der Waals surface area contributed by atoms with E-state index in [1.54, 1.807) is 18.3 Å². The van der Waals surface area contributed by atoms with Crippen molar-refractivity contribution in [3.8, 4) is 34.4 Å². The van der Waals surface area contributed by atoms with Gasteiger partial charge in [-0.3, -0.25) is 14.7 Å². The summed E-state index contributed by atoms with van der Waals surface area (Å²) < 4.78 is 24.6. The van der Waals surface area contributed by atoms with Gasteiger partial charge >= 0.3 is 5.97 Å². The van der Waals surface area contributed by atoms with Crippen molar-refractivity contribution in [2.75, 3.05) is 46.0 Å². The van der Waals surface area contributed by atoms with Crippen molar-refractivity contribution >= 4 is 17.6 Å². The van der Waals surface area contributed by atoms with Gasteiger partial charge in [-0.05, 0) is 123 Å². The third-order valence-corrected chi connectivity index (χ3v) is 12.3. The van der Waals surface area contributed by atoms with Crippen LogP contribution in [-0.2, 0) is 29.3 Å². The van der Waals surface area contributed by atoms with Crippen LogP contribution in [0.3, 0.4) is 0 Å². The minimum atomic E-state index is -0.827. The van der Waals surface area contributed by atoms with Crippen LogP contribution in [0, 0.1) is 23.7 Å². The first-order valence-corrected chi connectivity index (χ1v) is 20.7. The largest absolute Gasteiger partial charge is 0.494 e. The second-order valence-corrected chi connectivity index (χ2v) is 16.2. The molecule has 3 aliphatic heterocycles. The fourth-order valence-corrected chi connectivity index (χ4v) is 8.75. The van der Waals surface area contributed by atoms with Crippen LogP contribution in [0.1, 0.15) is 79.2 Å². The number of pyridine rings is 1. The minimum absolute atomic E-state index is 0.165. The van der Waals surface area contributed by atoms with Gasteiger partial charge in [0.15, 0.2) is 0 Å². The molecule has 3 saturated heterocycles. The van der Waals surface area contributed by atoms with E-state index in [2.05, 4.69) is 47.1 Å². The van der Waals surface area contributed by atoms with Gasteiger partial charge in [0, 0.05) is 55.9 Å². The highest BCUT2D eigenvalue weighted by Crippen LogP contribution is 2.41. The summed E-state index contributed by atoms with van der Waals surface area (Å²) in [4.78, 5) is 20.8. The molecule has 3 aliphatic rings. The number of benzene rings is 3. The Labute approximate surface area is 341 Å². The second-order valence-electron chi connectivity index (χ2n) is 15.8. The van der Waals surface area contributed by atoms with E-state index in [1.807, 2.05) is 29.2 Å². The van der Waals surface area contributed by atoms with E-state index in [0.717, 1.165) is 78.2 Å². The molecule has 10 nitrogen and oxygen atoms in total. The first-order valence-electron chi connectivity index (χ1n) is 20.3. The molecule has 3 fully saturated rings. The van der Waals surface area contributed by atoms with Gasteiger partial charge in [-0.1, -0.05) is 48.4 Å². The summed E-state index contributed by atoms with van der Waals surface area (Å²) in [6.07, 6.45) is 11.6. The van der Waals surface area contributed by atoms with Gasteiger partial charge in [0.25, 0.3) is 0 Å². The molecule has 4 heterocycles. The van der Waals surface area contributed by atoms with Crippen molar-refractivity contribution in [2.24, 2.45) is 5.41 Å². The molecule has 7 rings (SSSR count). The normalized spacial score (nSPS) is 18.5. The van der Waals surface area contributed by atoms with Crippen LogP contribution in [0.4, 0.5) is 0 Å². The highest BCUT2D eigenvalue weighted by atomic mass is 35.5. The number of carboxylic acid groups (broad SMARTS) is 1. The Morgan fingerprint density at radius 2 is 1.75 bits per heavy atom. The lowest BCUT2D eigenvalue weighted by Gasteiger charge is -2.44. The molecule has 0 amide bonds. The summed E-state index contributed by atoms with van der Waals surface area (Å²) in [7, 11) is 0. The number of nitrogens with zero attached hydrogens (tertiary/aromatic N) is 4. The van der Waals surface area contributed by atoms with Crippen LogP contribution in [0.25, 0.3) is 11.1 Å².